The zero-order valence-electron chi connectivity index (χ0n) is 11.3. The van der Waals surface area contributed by atoms with Gasteiger partial charge in [-0.1, -0.05) is 12.1 Å². The second-order valence-electron chi connectivity index (χ2n) is 4.44. The third-order valence-electron chi connectivity index (χ3n) is 2.89. The van der Waals surface area contributed by atoms with Crippen LogP contribution in [-0.2, 0) is 4.79 Å². The molecule has 0 fully saturated rings. The molecule has 0 saturated heterocycles. The van der Waals surface area contributed by atoms with Crippen LogP contribution in [0.3, 0.4) is 0 Å². The van der Waals surface area contributed by atoms with Crippen molar-refractivity contribution < 1.29 is 19.7 Å². The van der Waals surface area contributed by atoms with Crippen molar-refractivity contribution in [1.29, 1.82) is 0 Å². The largest absolute Gasteiger partial charge is 0.493 e. The van der Waals surface area contributed by atoms with Gasteiger partial charge in [0.25, 0.3) is 0 Å². The number of aliphatic hydroxyl groups excluding tert-OH is 2. The Labute approximate surface area is 113 Å². The molecule has 1 rings (SSSR count). The van der Waals surface area contributed by atoms with E-state index in [9.17, 15) is 4.79 Å². The lowest BCUT2D eigenvalue weighted by atomic mass is 10.1. The van der Waals surface area contributed by atoms with E-state index in [2.05, 4.69) is 5.32 Å². The Balaban J connectivity index is 2.30. The Morgan fingerprint density at radius 1 is 1.42 bits per heavy atom. The maximum absolute atomic E-state index is 11.4. The normalized spacial score (nSPS) is 12.0. The first-order valence-corrected chi connectivity index (χ1v) is 6.29. The van der Waals surface area contributed by atoms with Crippen LogP contribution in [0.25, 0.3) is 0 Å². The minimum Gasteiger partial charge on any atom is -0.493 e. The summed E-state index contributed by atoms with van der Waals surface area (Å²) in [6.45, 7) is 3.96. The maximum Gasteiger partial charge on any atom is 0.223 e. The van der Waals surface area contributed by atoms with Crippen molar-refractivity contribution in [3.8, 4) is 5.75 Å². The zero-order chi connectivity index (χ0) is 14.3. The van der Waals surface area contributed by atoms with E-state index in [0.29, 0.717) is 0 Å². The lowest BCUT2D eigenvalue weighted by Gasteiger charge is -2.11. The number of hydrogen-bond donors (Lipinski definition) is 3. The summed E-state index contributed by atoms with van der Waals surface area (Å²) in [5.41, 5.74) is 2.21. The van der Waals surface area contributed by atoms with Gasteiger partial charge in [0.15, 0.2) is 0 Å². The van der Waals surface area contributed by atoms with Crippen LogP contribution < -0.4 is 10.1 Å². The Bertz CT molecular complexity index is 420. The van der Waals surface area contributed by atoms with Crippen LogP contribution >= 0.6 is 0 Å². The highest BCUT2D eigenvalue weighted by Gasteiger charge is 2.07. The topological polar surface area (TPSA) is 78.8 Å². The van der Waals surface area contributed by atoms with Gasteiger partial charge in [-0.05, 0) is 31.0 Å². The standard InChI is InChI=1S/C14H21NO4/c1-10-4-3-5-13(11(10)2)19-7-6-14(18)15-8-12(17)9-16/h3-5,12,16-17H,6-9H2,1-2H3,(H,15,18). The second-order valence-corrected chi connectivity index (χ2v) is 4.44. The fourth-order valence-corrected chi connectivity index (χ4v) is 1.52. The highest BCUT2D eigenvalue weighted by Crippen LogP contribution is 2.20. The summed E-state index contributed by atoms with van der Waals surface area (Å²) < 4.78 is 5.55. The Morgan fingerprint density at radius 2 is 2.16 bits per heavy atom. The predicted molar refractivity (Wildman–Crippen MR) is 72.1 cm³/mol. The van der Waals surface area contributed by atoms with Crippen molar-refractivity contribution in [3.05, 3.63) is 29.3 Å². The summed E-state index contributed by atoms with van der Waals surface area (Å²) in [6, 6.07) is 5.79. The zero-order valence-corrected chi connectivity index (χ0v) is 11.3. The molecule has 0 bridgehead atoms. The van der Waals surface area contributed by atoms with Crippen molar-refractivity contribution >= 4 is 5.91 Å². The third-order valence-corrected chi connectivity index (χ3v) is 2.89. The molecule has 5 heteroatoms. The molecule has 0 spiro atoms. The molecule has 1 unspecified atom stereocenters. The summed E-state index contributed by atoms with van der Waals surface area (Å²) in [5, 5.41) is 20.2. The molecule has 0 aliphatic heterocycles. The number of rotatable bonds is 7. The van der Waals surface area contributed by atoms with Crippen LogP contribution in [0, 0.1) is 13.8 Å². The summed E-state index contributed by atoms with van der Waals surface area (Å²) >= 11 is 0. The SMILES string of the molecule is Cc1cccc(OCCC(=O)NCC(O)CO)c1C. The number of amides is 1. The minimum absolute atomic E-state index is 0.0544. The quantitative estimate of drug-likeness (QED) is 0.674. The van der Waals surface area contributed by atoms with E-state index in [-0.39, 0.29) is 32.1 Å². The molecule has 3 N–H and O–H groups in total. The van der Waals surface area contributed by atoms with Gasteiger partial charge in [-0.25, -0.2) is 0 Å². The smallest absolute Gasteiger partial charge is 0.223 e. The summed E-state index contributed by atoms with van der Waals surface area (Å²) in [5.74, 6) is 0.570. The fourth-order valence-electron chi connectivity index (χ4n) is 1.52. The highest BCUT2D eigenvalue weighted by atomic mass is 16.5. The Hall–Kier alpha value is -1.59. The fraction of sp³-hybridized carbons (Fsp3) is 0.500. The monoisotopic (exact) mass is 267 g/mol. The van der Waals surface area contributed by atoms with E-state index < -0.39 is 6.10 Å². The first kappa shape index (κ1) is 15.5. The van der Waals surface area contributed by atoms with Gasteiger partial charge in [-0.3, -0.25) is 4.79 Å². The molecule has 1 atom stereocenters. The van der Waals surface area contributed by atoms with E-state index in [4.69, 9.17) is 14.9 Å². The van der Waals surface area contributed by atoms with Gasteiger partial charge in [-0.2, -0.15) is 0 Å². The van der Waals surface area contributed by atoms with Gasteiger partial charge in [0, 0.05) is 6.54 Å². The van der Waals surface area contributed by atoms with Gasteiger partial charge in [0.05, 0.1) is 25.7 Å². The summed E-state index contributed by atoms with van der Waals surface area (Å²) in [7, 11) is 0. The highest BCUT2D eigenvalue weighted by molar-refractivity contribution is 5.76. The van der Waals surface area contributed by atoms with Crippen LogP contribution in [0.5, 0.6) is 5.75 Å². The van der Waals surface area contributed by atoms with E-state index in [0.717, 1.165) is 16.9 Å². The molecule has 0 aromatic heterocycles. The summed E-state index contributed by atoms with van der Waals surface area (Å²) in [6.07, 6.45) is -0.699. The Kier molecular flexibility index (Phi) is 6.32. The van der Waals surface area contributed by atoms with Gasteiger partial charge in [0.2, 0.25) is 5.91 Å². The molecule has 1 aromatic carbocycles. The molecule has 5 nitrogen and oxygen atoms in total. The Morgan fingerprint density at radius 3 is 2.84 bits per heavy atom. The van der Waals surface area contributed by atoms with Crippen LogP contribution in [0.15, 0.2) is 18.2 Å². The number of carbonyl (C=O) groups is 1. The first-order valence-electron chi connectivity index (χ1n) is 6.29. The minimum atomic E-state index is -0.913. The molecular formula is C14H21NO4. The molecule has 0 heterocycles. The number of aliphatic hydroxyl groups is 2. The maximum atomic E-state index is 11.4. The van der Waals surface area contributed by atoms with Crippen molar-refractivity contribution in [2.45, 2.75) is 26.4 Å². The average Bonchev–Trinajstić information content (AvgIpc) is 2.40. The molecule has 19 heavy (non-hydrogen) atoms. The predicted octanol–water partition coefficient (Wildman–Crippen LogP) is 0.542. The van der Waals surface area contributed by atoms with Crippen LogP contribution in [0.2, 0.25) is 0 Å². The van der Waals surface area contributed by atoms with Crippen LogP contribution in [-0.4, -0.2) is 42.0 Å². The van der Waals surface area contributed by atoms with Crippen LogP contribution in [0.4, 0.5) is 0 Å². The summed E-state index contributed by atoms with van der Waals surface area (Å²) in [4.78, 5) is 11.4. The molecule has 106 valence electrons. The van der Waals surface area contributed by atoms with Crippen molar-refractivity contribution in [3.63, 3.8) is 0 Å². The molecule has 0 aliphatic rings. The van der Waals surface area contributed by atoms with Crippen LogP contribution in [0.1, 0.15) is 17.5 Å². The van der Waals surface area contributed by atoms with Gasteiger partial charge in [0.1, 0.15) is 5.75 Å². The van der Waals surface area contributed by atoms with Gasteiger partial charge >= 0.3 is 0 Å². The molecule has 1 aromatic rings. The number of nitrogens with one attached hydrogen (secondary N) is 1. The van der Waals surface area contributed by atoms with E-state index in [1.807, 2.05) is 32.0 Å². The average molecular weight is 267 g/mol. The second kappa shape index (κ2) is 7.76. The van der Waals surface area contributed by atoms with E-state index in [1.165, 1.54) is 0 Å². The third kappa shape index (κ3) is 5.28. The van der Waals surface area contributed by atoms with Crippen molar-refractivity contribution in [1.82, 2.24) is 5.32 Å². The molecular weight excluding hydrogens is 246 g/mol. The molecule has 0 aliphatic carbocycles. The van der Waals surface area contributed by atoms with E-state index >= 15 is 0 Å². The number of aryl methyl sites for hydroxylation is 1. The van der Waals surface area contributed by atoms with Crippen molar-refractivity contribution in [2.75, 3.05) is 19.8 Å². The van der Waals surface area contributed by atoms with Crippen molar-refractivity contribution in [2.24, 2.45) is 0 Å². The lowest BCUT2D eigenvalue weighted by molar-refractivity contribution is -0.122. The number of carbonyl (C=O) groups excluding carboxylic acids is 1. The number of benzene rings is 1. The lowest BCUT2D eigenvalue weighted by Crippen LogP contribution is -2.34. The molecule has 1 amide bonds. The first-order chi connectivity index (χ1) is 9.04. The number of ether oxygens (including phenoxy) is 1. The number of hydrogen-bond acceptors (Lipinski definition) is 4. The molecule has 0 radical (unpaired) electrons. The molecule has 0 saturated carbocycles. The van der Waals surface area contributed by atoms with E-state index in [1.54, 1.807) is 0 Å². The van der Waals surface area contributed by atoms with Gasteiger partial charge in [-0.15, -0.1) is 0 Å². The van der Waals surface area contributed by atoms with Gasteiger partial charge < -0.3 is 20.3 Å².